The van der Waals surface area contributed by atoms with Gasteiger partial charge in [-0.25, -0.2) is 0 Å². The zero-order valence-electron chi connectivity index (χ0n) is 20.2. The van der Waals surface area contributed by atoms with E-state index in [2.05, 4.69) is 6.07 Å². The molecule has 3 aromatic rings. The molecule has 192 valence electrons. The van der Waals surface area contributed by atoms with Crippen LogP contribution in [0.4, 0.5) is 18.9 Å². The largest absolute Gasteiger partial charge is 0.507 e. The van der Waals surface area contributed by atoms with Crippen molar-refractivity contribution >= 4 is 11.6 Å². The number of carbonyl (C=O) groups excluding carboxylic acids is 1. The number of carbonyl (C=O) groups is 1. The SMILES string of the molecule is COc1cc(OC)cc(-c2cc(C(=O)N3CCN(c4ccc(O)c(C(F)(F)F)c4)CC3)ccc2C#N)c1. The fraction of sp³-hybridized carbons (Fsp3) is 0.259. The second-order valence-electron chi connectivity index (χ2n) is 8.45. The van der Waals surface area contributed by atoms with Crippen LogP contribution in [0.25, 0.3) is 11.1 Å². The van der Waals surface area contributed by atoms with Crippen molar-refractivity contribution in [3.05, 3.63) is 71.3 Å². The Kier molecular flexibility index (Phi) is 7.16. The third-order valence-electron chi connectivity index (χ3n) is 6.27. The summed E-state index contributed by atoms with van der Waals surface area (Å²) in [5.74, 6) is 0.000262. The molecule has 10 heteroatoms. The van der Waals surface area contributed by atoms with Crippen molar-refractivity contribution in [3.8, 4) is 34.4 Å². The van der Waals surface area contributed by atoms with Gasteiger partial charge in [0.2, 0.25) is 0 Å². The molecule has 0 bridgehead atoms. The molecule has 0 aliphatic carbocycles. The van der Waals surface area contributed by atoms with E-state index in [9.17, 15) is 28.3 Å². The predicted molar refractivity (Wildman–Crippen MR) is 131 cm³/mol. The van der Waals surface area contributed by atoms with Crippen LogP contribution >= 0.6 is 0 Å². The molecular formula is C27H24F3N3O4. The lowest BCUT2D eigenvalue weighted by molar-refractivity contribution is -0.138. The Morgan fingerprint density at radius 1 is 0.946 bits per heavy atom. The molecular weight excluding hydrogens is 487 g/mol. The minimum atomic E-state index is -4.67. The van der Waals surface area contributed by atoms with Crippen molar-refractivity contribution in [1.29, 1.82) is 5.26 Å². The van der Waals surface area contributed by atoms with Gasteiger partial charge in [-0.05, 0) is 54.1 Å². The first-order valence-corrected chi connectivity index (χ1v) is 11.4. The monoisotopic (exact) mass is 511 g/mol. The number of nitrogens with zero attached hydrogens (tertiary/aromatic N) is 3. The number of methoxy groups -OCH3 is 2. The third-order valence-corrected chi connectivity index (χ3v) is 6.27. The van der Waals surface area contributed by atoms with E-state index in [1.807, 2.05) is 0 Å². The van der Waals surface area contributed by atoms with Crippen LogP contribution in [0.5, 0.6) is 17.2 Å². The summed E-state index contributed by atoms with van der Waals surface area (Å²) in [4.78, 5) is 16.7. The summed E-state index contributed by atoms with van der Waals surface area (Å²) >= 11 is 0. The van der Waals surface area contributed by atoms with Gasteiger partial charge in [0, 0.05) is 49.1 Å². The van der Waals surface area contributed by atoms with Crippen LogP contribution in [0.3, 0.4) is 0 Å². The number of ether oxygens (including phenoxy) is 2. The first-order chi connectivity index (χ1) is 17.6. The summed E-state index contributed by atoms with van der Waals surface area (Å²) in [6.45, 7) is 1.24. The van der Waals surface area contributed by atoms with Crippen LogP contribution in [-0.4, -0.2) is 56.3 Å². The smallest absolute Gasteiger partial charge is 0.420 e. The number of anilines is 1. The molecule has 3 aromatic carbocycles. The van der Waals surface area contributed by atoms with E-state index >= 15 is 0 Å². The van der Waals surface area contributed by atoms with Gasteiger partial charge in [-0.2, -0.15) is 18.4 Å². The summed E-state index contributed by atoms with van der Waals surface area (Å²) in [6, 6.07) is 15.5. The van der Waals surface area contributed by atoms with Gasteiger partial charge in [0.25, 0.3) is 5.91 Å². The minimum absolute atomic E-state index is 0.248. The van der Waals surface area contributed by atoms with Crippen molar-refractivity contribution in [2.24, 2.45) is 0 Å². The van der Waals surface area contributed by atoms with Gasteiger partial charge in [-0.1, -0.05) is 0 Å². The van der Waals surface area contributed by atoms with Gasteiger partial charge < -0.3 is 24.4 Å². The van der Waals surface area contributed by atoms with E-state index in [-0.39, 0.29) is 5.91 Å². The first kappa shape index (κ1) is 25.7. The Morgan fingerprint density at radius 2 is 1.59 bits per heavy atom. The summed E-state index contributed by atoms with van der Waals surface area (Å²) in [6.07, 6.45) is -4.67. The summed E-state index contributed by atoms with van der Waals surface area (Å²) in [7, 11) is 3.04. The highest BCUT2D eigenvalue weighted by Crippen LogP contribution is 2.38. The molecule has 4 rings (SSSR count). The van der Waals surface area contributed by atoms with E-state index in [1.54, 1.807) is 46.2 Å². The van der Waals surface area contributed by atoms with Crippen LogP contribution in [0, 0.1) is 11.3 Å². The number of rotatable bonds is 5. The zero-order valence-corrected chi connectivity index (χ0v) is 20.2. The molecule has 1 amide bonds. The fourth-order valence-corrected chi connectivity index (χ4v) is 4.27. The molecule has 0 atom stereocenters. The number of hydrogen-bond acceptors (Lipinski definition) is 6. The number of phenolic OH excluding ortho intramolecular Hbond substituents is 1. The number of benzene rings is 3. The number of piperazine rings is 1. The number of halogens is 3. The molecule has 1 aliphatic heterocycles. The Balaban J connectivity index is 1.54. The highest BCUT2D eigenvalue weighted by molar-refractivity contribution is 5.96. The normalized spacial score (nSPS) is 13.7. The van der Waals surface area contributed by atoms with Gasteiger partial charge in [-0.15, -0.1) is 0 Å². The van der Waals surface area contributed by atoms with Gasteiger partial charge in [-0.3, -0.25) is 4.79 Å². The molecule has 0 radical (unpaired) electrons. The van der Waals surface area contributed by atoms with Crippen molar-refractivity contribution < 1.29 is 32.5 Å². The van der Waals surface area contributed by atoms with E-state index in [0.717, 1.165) is 12.1 Å². The van der Waals surface area contributed by atoms with Crippen LogP contribution in [0.1, 0.15) is 21.5 Å². The van der Waals surface area contributed by atoms with Crippen molar-refractivity contribution in [2.45, 2.75) is 6.18 Å². The highest BCUT2D eigenvalue weighted by atomic mass is 19.4. The number of amides is 1. The lowest BCUT2D eigenvalue weighted by Gasteiger charge is -2.36. The number of phenols is 1. The Hall–Kier alpha value is -4.39. The summed E-state index contributed by atoms with van der Waals surface area (Å²) < 4.78 is 50.2. The summed E-state index contributed by atoms with van der Waals surface area (Å²) in [5.41, 5.74) is 1.19. The average molecular weight is 512 g/mol. The van der Waals surface area contributed by atoms with Gasteiger partial charge >= 0.3 is 6.18 Å². The topological polar surface area (TPSA) is 86.0 Å². The van der Waals surface area contributed by atoms with Gasteiger partial charge in [0.15, 0.2) is 0 Å². The molecule has 7 nitrogen and oxygen atoms in total. The zero-order chi connectivity index (χ0) is 26.7. The van der Waals surface area contributed by atoms with Crippen LogP contribution in [0.2, 0.25) is 0 Å². The third kappa shape index (κ3) is 5.40. The second-order valence-corrected chi connectivity index (χ2v) is 8.45. The van der Waals surface area contributed by atoms with Gasteiger partial charge in [0.1, 0.15) is 17.2 Å². The molecule has 1 fully saturated rings. The number of aromatic hydroxyl groups is 1. The van der Waals surface area contributed by atoms with Crippen LogP contribution < -0.4 is 14.4 Å². The fourth-order valence-electron chi connectivity index (χ4n) is 4.27. The minimum Gasteiger partial charge on any atom is -0.507 e. The number of hydrogen-bond donors (Lipinski definition) is 1. The Bertz CT molecular complexity index is 1340. The molecule has 1 heterocycles. The molecule has 37 heavy (non-hydrogen) atoms. The van der Waals surface area contributed by atoms with Gasteiger partial charge in [0.05, 0.1) is 31.4 Å². The van der Waals surface area contributed by atoms with Crippen molar-refractivity contribution in [2.75, 3.05) is 45.3 Å². The van der Waals surface area contributed by atoms with E-state index in [0.29, 0.717) is 65.6 Å². The van der Waals surface area contributed by atoms with E-state index in [4.69, 9.17) is 9.47 Å². The van der Waals surface area contributed by atoms with E-state index < -0.39 is 17.5 Å². The Morgan fingerprint density at radius 3 is 2.16 bits per heavy atom. The van der Waals surface area contributed by atoms with Crippen molar-refractivity contribution in [3.63, 3.8) is 0 Å². The average Bonchev–Trinajstić information content (AvgIpc) is 2.91. The molecule has 0 unspecified atom stereocenters. The molecule has 0 saturated carbocycles. The maximum absolute atomic E-state index is 13.3. The van der Waals surface area contributed by atoms with Crippen molar-refractivity contribution in [1.82, 2.24) is 4.90 Å². The summed E-state index contributed by atoms with van der Waals surface area (Å²) in [5, 5.41) is 19.2. The van der Waals surface area contributed by atoms with E-state index in [1.165, 1.54) is 20.3 Å². The standard InChI is InChI=1S/C27H24F3N3O4/c1-36-21-11-19(12-22(15-21)37-2)23-13-17(3-4-18(23)16-31)26(35)33-9-7-32(8-10-33)20-5-6-25(34)24(14-20)27(28,29)30/h3-6,11-15,34H,7-10H2,1-2H3. The number of nitriles is 1. The molecule has 0 spiro atoms. The lowest BCUT2D eigenvalue weighted by atomic mass is 9.96. The maximum atomic E-state index is 13.3. The molecule has 1 N–H and O–H groups in total. The molecule has 0 aromatic heterocycles. The van der Waals surface area contributed by atoms with Crippen LogP contribution in [0.15, 0.2) is 54.6 Å². The molecule has 1 aliphatic rings. The quantitative estimate of drug-likeness (QED) is 0.523. The Labute approximate surface area is 211 Å². The molecule has 1 saturated heterocycles. The first-order valence-electron chi connectivity index (χ1n) is 11.4. The highest BCUT2D eigenvalue weighted by Gasteiger charge is 2.35. The maximum Gasteiger partial charge on any atom is 0.420 e. The second kappa shape index (κ2) is 10.3. The lowest BCUT2D eigenvalue weighted by Crippen LogP contribution is -2.48. The predicted octanol–water partition coefficient (Wildman–Crippen LogP) is 4.93. The number of alkyl halides is 3. The van der Waals surface area contributed by atoms with Crippen LogP contribution in [-0.2, 0) is 6.18 Å².